The monoisotopic (exact) mass is 235 g/mol. The van der Waals surface area contributed by atoms with E-state index in [0.717, 1.165) is 6.08 Å². The van der Waals surface area contributed by atoms with Crippen molar-refractivity contribution in [2.24, 2.45) is 0 Å². The minimum atomic E-state index is -1.05. The SMILES string of the molecule is CN(C)C(=O)Nc1cccc(C=CC(=O)O)n1. The molecule has 0 unspecified atom stereocenters. The number of nitrogens with zero attached hydrogens (tertiary/aromatic N) is 2. The molecule has 0 aliphatic heterocycles. The Bertz CT molecular complexity index is 455. The molecule has 0 aromatic carbocycles. The molecule has 17 heavy (non-hydrogen) atoms. The molecule has 0 saturated carbocycles. The van der Waals surface area contributed by atoms with E-state index < -0.39 is 5.97 Å². The fourth-order valence-electron chi connectivity index (χ4n) is 0.992. The quantitative estimate of drug-likeness (QED) is 0.773. The highest BCUT2D eigenvalue weighted by atomic mass is 16.4. The second-order valence-electron chi connectivity index (χ2n) is 3.44. The van der Waals surface area contributed by atoms with Crippen molar-refractivity contribution in [1.29, 1.82) is 0 Å². The molecule has 6 nitrogen and oxygen atoms in total. The molecule has 0 aliphatic rings. The van der Waals surface area contributed by atoms with Crippen LogP contribution < -0.4 is 5.32 Å². The summed E-state index contributed by atoms with van der Waals surface area (Å²) >= 11 is 0. The van der Waals surface area contributed by atoms with Crippen LogP contribution >= 0.6 is 0 Å². The topological polar surface area (TPSA) is 82.5 Å². The van der Waals surface area contributed by atoms with Crippen LogP contribution in [-0.2, 0) is 4.79 Å². The summed E-state index contributed by atoms with van der Waals surface area (Å²) in [6, 6.07) is 4.65. The van der Waals surface area contributed by atoms with Crippen LogP contribution in [0.5, 0.6) is 0 Å². The number of pyridine rings is 1. The van der Waals surface area contributed by atoms with Crippen LogP contribution in [0.4, 0.5) is 10.6 Å². The number of aromatic nitrogens is 1. The van der Waals surface area contributed by atoms with Crippen LogP contribution in [-0.4, -0.2) is 41.1 Å². The van der Waals surface area contributed by atoms with Crippen LogP contribution in [0.15, 0.2) is 24.3 Å². The first-order valence-corrected chi connectivity index (χ1v) is 4.85. The number of rotatable bonds is 3. The van der Waals surface area contributed by atoms with Crippen molar-refractivity contribution in [3.8, 4) is 0 Å². The summed E-state index contributed by atoms with van der Waals surface area (Å²) in [6.45, 7) is 0. The molecule has 1 aromatic heterocycles. The summed E-state index contributed by atoms with van der Waals surface area (Å²) in [5.41, 5.74) is 0.462. The fraction of sp³-hybridized carbons (Fsp3) is 0.182. The van der Waals surface area contributed by atoms with E-state index in [1.54, 1.807) is 32.3 Å². The molecule has 0 radical (unpaired) electrons. The van der Waals surface area contributed by atoms with Gasteiger partial charge in [0.2, 0.25) is 0 Å². The smallest absolute Gasteiger partial charge is 0.328 e. The van der Waals surface area contributed by atoms with Gasteiger partial charge in [-0.15, -0.1) is 0 Å². The van der Waals surface area contributed by atoms with Crippen molar-refractivity contribution in [2.75, 3.05) is 19.4 Å². The molecule has 0 spiro atoms. The van der Waals surface area contributed by atoms with Crippen molar-refractivity contribution < 1.29 is 14.7 Å². The zero-order valence-corrected chi connectivity index (χ0v) is 9.54. The van der Waals surface area contributed by atoms with E-state index in [9.17, 15) is 9.59 Å². The normalized spacial score (nSPS) is 10.2. The minimum absolute atomic E-state index is 0.295. The Kier molecular flexibility index (Phi) is 4.21. The van der Waals surface area contributed by atoms with Gasteiger partial charge in [0, 0.05) is 20.2 Å². The van der Waals surface area contributed by atoms with Gasteiger partial charge in [-0.25, -0.2) is 14.6 Å². The third-order valence-corrected chi connectivity index (χ3v) is 1.81. The molecule has 0 atom stereocenters. The van der Waals surface area contributed by atoms with Gasteiger partial charge in [-0.1, -0.05) is 6.07 Å². The molecule has 0 bridgehead atoms. The molecular formula is C11H13N3O3. The van der Waals surface area contributed by atoms with Gasteiger partial charge in [-0.05, 0) is 18.2 Å². The molecular weight excluding hydrogens is 222 g/mol. The number of hydrogen-bond acceptors (Lipinski definition) is 3. The first-order chi connectivity index (χ1) is 7.99. The number of aliphatic carboxylic acids is 1. The Morgan fingerprint density at radius 3 is 2.71 bits per heavy atom. The highest BCUT2D eigenvalue weighted by Crippen LogP contribution is 2.06. The van der Waals surface area contributed by atoms with Gasteiger partial charge in [0.25, 0.3) is 0 Å². The highest BCUT2D eigenvalue weighted by Gasteiger charge is 2.04. The molecule has 1 aromatic rings. The number of amides is 2. The summed E-state index contributed by atoms with van der Waals surface area (Å²) < 4.78 is 0. The summed E-state index contributed by atoms with van der Waals surface area (Å²) in [5.74, 6) is -0.675. The predicted octanol–water partition coefficient (Wildman–Crippen LogP) is 1.27. The maximum Gasteiger partial charge on any atom is 0.328 e. The van der Waals surface area contributed by atoms with Gasteiger partial charge >= 0.3 is 12.0 Å². The van der Waals surface area contributed by atoms with Crippen LogP contribution in [0.2, 0.25) is 0 Å². The molecule has 0 fully saturated rings. The molecule has 2 amide bonds. The van der Waals surface area contributed by atoms with Crippen molar-refractivity contribution in [2.45, 2.75) is 0 Å². The Morgan fingerprint density at radius 1 is 1.41 bits per heavy atom. The summed E-state index contributed by atoms with van der Waals surface area (Å²) in [7, 11) is 3.23. The number of carbonyl (C=O) groups is 2. The average Bonchev–Trinajstić information content (AvgIpc) is 2.26. The Morgan fingerprint density at radius 2 is 2.12 bits per heavy atom. The molecule has 1 heterocycles. The van der Waals surface area contributed by atoms with Gasteiger partial charge in [-0.3, -0.25) is 5.32 Å². The van der Waals surface area contributed by atoms with Crippen molar-refractivity contribution in [3.63, 3.8) is 0 Å². The van der Waals surface area contributed by atoms with Crippen LogP contribution in [0, 0.1) is 0 Å². The predicted molar refractivity (Wildman–Crippen MR) is 63.6 cm³/mol. The number of hydrogen-bond donors (Lipinski definition) is 2. The maximum absolute atomic E-state index is 11.4. The Labute approximate surface area is 98.6 Å². The van der Waals surface area contributed by atoms with Gasteiger partial charge in [-0.2, -0.15) is 0 Å². The second-order valence-corrected chi connectivity index (χ2v) is 3.44. The standard InChI is InChI=1S/C11H13N3O3/c1-14(2)11(17)13-9-5-3-4-8(12-9)6-7-10(15)16/h3-7H,1-2H3,(H,15,16)(H,12,13,17). The Balaban J connectivity index is 2.79. The molecule has 0 saturated heterocycles. The molecule has 1 rings (SSSR count). The molecule has 90 valence electrons. The average molecular weight is 235 g/mol. The van der Waals surface area contributed by atoms with E-state index in [0.29, 0.717) is 11.5 Å². The lowest BCUT2D eigenvalue weighted by Gasteiger charge is -2.11. The van der Waals surface area contributed by atoms with E-state index in [-0.39, 0.29) is 6.03 Å². The van der Waals surface area contributed by atoms with Crippen LogP contribution in [0.3, 0.4) is 0 Å². The minimum Gasteiger partial charge on any atom is -0.478 e. The summed E-state index contributed by atoms with van der Waals surface area (Å²) in [5, 5.41) is 11.0. The highest BCUT2D eigenvalue weighted by molar-refractivity contribution is 5.88. The number of nitrogens with one attached hydrogen (secondary N) is 1. The van der Waals surface area contributed by atoms with E-state index in [1.807, 2.05) is 0 Å². The van der Waals surface area contributed by atoms with Crippen LogP contribution in [0.25, 0.3) is 6.08 Å². The first kappa shape index (κ1) is 12.7. The summed E-state index contributed by atoms with van der Waals surface area (Å²) in [4.78, 5) is 27.1. The first-order valence-electron chi connectivity index (χ1n) is 4.85. The zero-order valence-electron chi connectivity index (χ0n) is 9.54. The molecule has 6 heteroatoms. The second kappa shape index (κ2) is 5.64. The van der Waals surface area contributed by atoms with Gasteiger partial charge in [0.05, 0.1) is 5.69 Å². The van der Waals surface area contributed by atoms with E-state index in [2.05, 4.69) is 10.3 Å². The molecule has 2 N–H and O–H groups in total. The third-order valence-electron chi connectivity index (χ3n) is 1.81. The lowest BCUT2D eigenvalue weighted by Crippen LogP contribution is -2.27. The summed E-state index contributed by atoms with van der Waals surface area (Å²) in [6.07, 6.45) is 2.34. The lowest BCUT2D eigenvalue weighted by atomic mass is 10.3. The number of carbonyl (C=O) groups excluding carboxylic acids is 1. The largest absolute Gasteiger partial charge is 0.478 e. The van der Waals surface area contributed by atoms with Crippen molar-refractivity contribution in [1.82, 2.24) is 9.88 Å². The number of anilines is 1. The maximum atomic E-state index is 11.4. The molecule has 0 aliphatic carbocycles. The third kappa shape index (κ3) is 4.33. The number of urea groups is 1. The van der Waals surface area contributed by atoms with E-state index in [1.165, 1.54) is 11.0 Å². The Hall–Kier alpha value is -2.37. The number of carboxylic acid groups (broad SMARTS) is 1. The van der Waals surface area contributed by atoms with Gasteiger partial charge in [0.15, 0.2) is 0 Å². The van der Waals surface area contributed by atoms with Crippen molar-refractivity contribution >= 4 is 23.9 Å². The lowest BCUT2D eigenvalue weighted by molar-refractivity contribution is -0.131. The fourth-order valence-corrected chi connectivity index (χ4v) is 0.992. The number of carboxylic acids is 1. The van der Waals surface area contributed by atoms with E-state index in [4.69, 9.17) is 5.11 Å². The zero-order chi connectivity index (χ0) is 12.8. The van der Waals surface area contributed by atoms with Gasteiger partial charge < -0.3 is 10.0 Å². The van der Waals surface area contributed by atoms with Crippen LogP contribution in [0.1, 0.15) is 5.69 Å². The van der Waals surface area contributed by atoms with Gasteiger partial charge in [0.1, 0.15) is 5.82 Å². The van der Waals surface area contributed by atoms with Crippen molar-refractivity contribution in [3.05, 3.63) is 30.0 Å². The van der Waals surface area contributed by atoms with E-state index >= 15 is 0 Å².